The summed E-state index contributed by atoms with van der Waals surface area (Å²) < 4.78 is 11.3. The molecule has 0 spiro atoms. The van der Waals surface area contributed by atoms with E-state index in [0.717, 1.165) is 87.6 Å². The number of fused-ring (bicyclic) bond motifs is 1. The number of nitrogens with one attached hydrogen (secondary N) is 1. The van der Waals surface area contributed by atoms with Crippen molar-refractivity contribution in [3.05, 3.63) is 28.8 Å². The van der Waals surface area contributed by atoms with Crippen LogP contribution < -0.4 is 10.1 Å². The molecular weight excluding hydrogens is 330 g/mol. The third kappa shape index (κ3) is 3.46. The van der Waals surface area contributed by atoms with E-state index in [0.29, 0.717) is 12.6 Å². The van der Waals surface area contributed by atoms with E-state index in [-0.39, 0.29) is 5.91 Å². The summed E-state index contributed by atoms with van der Waals surface area (Å²) >= 11 is 0. The summed E-state index contributed by atoms with van der Waals surface area (Å²) in [4.78, 5) is 17.7. The minimum absolute atomic E-state index is 0.170. The first-order valence-electron chi connectivity index (χ1n) is 9.81. The standard InChI is InChI=1S/C20H29N3O3/c1-21-14-15-2-3-18(17-6-11-26-19(15)17)20(24)23-7-4-16(5-8-23)22-9-12-25-13-10-22/h2-3,16,21H,4-14H2,1H3. The Balaban J connectivity index is 1.43. The van der Waals surface area contributed by atoms with Crippen LogP contribution in [-0.4, -0.2) is 74.8 Å². The molecule has 3 heterocycles. The van der Waals surface area contributed by atoms with Gasteiger partial charge in [0, 0.05) is 61.9 Å². The van der Waals surface area contributed by atoms with Crippen molar-refractivity contribution in [3.63, 3.8) is 0 Å². The first-order chi connectivity index (χ1) is 12.8. The fourth-order valence-electron chi connectivity index (χ4n) is 4.44. The number of morpholine rings is 1. The highest BCUT2D eigenvalue weighted by Crippen LogP contribution is 2.33. The molecule has 0 bridgehead atoms. The van der Waals surface area contributed by atoms with Crippen LogP contribution in [-0.2, 0) is 17.7 Å². The van der Waals surface area contributed by atoms with Crippen LogP contribution in [0.1, 0.15) is 34.3 Å². The molecule has 0 saturated carbocycles. The first kappa shape index (κ1) is 17.8. The summed E-state index contributed by atoms with van der Waals surface area (Å²) in [5, 5.41) is 3.17. The molecule has 0 aliphatic carbocycles. The maximum Gasteiger partial charge on any atom is 0.254 e. The molecule has 3 aliphatic heterocycles. The summed E-state index contributed by atoms with van der Waals surface area (Å²) in [6.07, 6.45) is 2.95. The van der Waals surface area contributed by atoms with Crippen molar-refractivity contribution in [1.29, 1.82) is 0 Å². The third-order valence-corrected chi connectivity index (χ3v) is 5.85. The number of nitrogens with zero attached hydrogens (tertiary/aromatic N) is 2. The molecule has 3 aliphatic rings. The van der Waals surface area contributed by atoms with E-state index in [4.69, 9.17) is 9.47 Å². The minimum Gasteiger partial charge on any atom is -0.493 e. The molecule has 26 heavy (non-hydrogen) atoms. The fraction of sp³-hybridized carbons (Fsp3) is 0.650. The summed E-state index contributed by atoms with van der Waals surface area (Å²) in [5.41, 5.74) is 3.07. The van der Waals surface area contributed by atoms with Gasteiger partial charge in [-0.1, -0.05) is 6.07 Å². The number of carbonyl (C=O) groups excluding carboxylic acids is 1. The van der Waals surface area contributed by atoms with Crippen LogP contribution >= 0.6 is 0 Å². The summed E-state index contributed by atoms with van der Waals surface area (Å²) in [7, 11) is 1.93. The van der Waals surface area contributed by atoms with E-state index in [1.807, 2.05) is 24.1 Å². The first-order valence-corrected chi connectivity index (χ1v) is 9.81. The van der Waals surface area contributed by atoms with Gasteiger partial charge in [0.2, 0.25) is 0 Å². The van der Waals surface area contributed by atoms with Gasteiger partial charge in [0.1, 0.15) is 5.75 Å². The topological polar surface area (TPSA) is 54.0 Å². The zero-order valence-corrected chi connectivity index (χ0v) is 15.6. The Hall–Kier alpha value is -1.63. The van der Waals surface area contributed by atoms with Crippen LogP contribution in [0.15, 0.2) is 12.1 Å². The van der Waals surface area contributed by atoms with Crippen LogP contribution in [0.3, 0.4) is 0 Å². The Morgan fingerprint density at radius 3 is 2.65 bits per heavy atom. The molecule has 1 amide bonds. The van der Waals surface area contributed by atoms with Crippen LogP contribution in [0, 0.1) is 0 Å². The molecule has 0 atom stereocenters. The van der Waals surface area contributed by atoms with Crippen molar-refractivity contribution >= 4 is 5.91 Å². The molecule has 6 nitrogen and oxygen atoms in total. The molecule has 4 rings (SSSR count). The van der Waals surface area contributed by atoms with Crippen molar-refractivity contribution in [2.24, 2.45) is 0 Å². The van der Waals surface area contributed by atoms with Crippen LogP contribution in [0.5, 0.6) is 5.75 Å². The minimum atomic E-state index is 0.170. The second-order valence-corrected chi connectivity index (χ2v) is 7.38. The number of benzene rings is 1. The molecule has 1 aromatic carbocycles. The fourth-order valence-corrected chi connectivity index (χ4v) is 4.44. The molecule has 1 aromatic rings. The predicted octanol–water partition coefficient (Wildman–Crippen LogP) is 1.28. The van der Waals surface area contributed by atoms with Crippen molar-refractivity contribution < 1.29 is 14.3 Å². The van der Waals surface area contributed by atoms with Gasteiger partial charge >= 0.3 is 0 Å². The second kappa shape index (κ2) is 7.94. The molecule has 0 radical (unpaired) electrons. The van der Waals surface area contributed by atoms with E-state index in [1.165, 1.54) is 0 Å². The van der Waals surface area contributed by atoms with E-state index in [1.54, 1.807) is 0 Å². The molecule has 2 fully saturated rings. The zero-order valence-electron chi connectivity index (χ0n) is 15.6. The lowest BCUT2D eigenvalue weighted by molar-refractivity contribution is 0.00158. The highest BCUT2D eigenvalue weighted by atomic mass is 16.5. The third-order valence-electron chi connectivity index (χ3n) is 5.85. The Kier molecular flexibility index (Phi) is 5.43. The van der Waals surface area contributed by atoms with Crippen LogP contribution in [0.4, 0.5) is 0 Å². The number of ether oxygens (including phenoxy) is 2. The second-order valence-electron chi connectivity index (χ2n) is 7.38. The van der Waals surface area contributed by atoms with Crippen molar-refractivity contribution in [1.82, 2.24) is 15.1 Å². The predicted molar refractivity (Wildman–Crippen MR) is 99.7 cm³/mol. The number of likely N-dealkylation sites (tertiary alicyclic amines) is 1. The van der Waals surface area contributed by atoms with Gasteiger partial charge in [-0.05, 0) is 26.0 Å². The Morgan fingerprint density at radius 1 is 1.15 bits per heavy atom. The zero-order chi connectivity index (χ0) is 17.9. The number of hydrogen-bond acceptors (Lipinski definition) is 5. The summed E-state index contributed by atoms with van der Waals surface area (Å²) in [6, 6.07) is 4.63. The average Bonchev–Trinajstić information content (AvgIpc) is 3.19. The molecule has 0 unspecified atom stereocenters. The van der Waals surface area contributed by atoms with E-state index in [2.05, 4.69) is 10.2 Å². The lowest BCUT2D eigenvalue weighted by Gasteiger charge is -2.40. The maximum absolute atomic E-state index is 13.1. The molecule has 1 N–H and O–H groups in total. The highest BCUT2D eigenvalue weighted by molar-refractivity contribution is 5.96. The van der Waals surface area contributed by atoms with Gasteiger partial charge < -0.3 is 19.7 Å². The van der Waals surface area contributed by atoms with E-state index >= 15 is 0 Å². The summed E-state index contributed by atoms with van der Waals surface area (Å²) in [5.74, 6) is 1.09. The summed E-state index contributed by atoms with van der Waals surface area (Å²) in [6.45, 7) is 6.85. The molecule has 0 aromatic heterocycles. The molecular formula is C20H29N3O3. The lowest BCUT2D eigenvalue weighted by Crippen LogP contribution is -2.50. The van der Waals surface area contributed by atoms with Gasteiger partial charge in [-0.25, -0.2) is 0 Å². The quantitative estimate of drug-likeness (QED) is 0.878. The van der Waals surface area contributed by atoms with Gasteiger partial charge in [-0.3, -0.25) is 9.69 Å². The monoisotopic (exact) mass is 359 g/mol. The van der Waals surface area contributed by atoms with Gasteiger partial charge in [0.25, 0.3) is 5.91 Å². The van der Waals surface area contributed by atoms with Crippen molar-refractivity contribution in [3.8, 4) is 5.75 Å². The normalized spacial score (nSPS) is 21.5. The van der Waals surface area contributed by atoms with Gasteiger partial charge in [-0.15, -0.1) is 0 Å². The van der Waals surface area contributed by atoms with Crippen molar-refractivity contribution in [2.45, 2.75) is 31.8 Å². The Bertz CT molecular complexity index is 650. The Morgan fingerprint density at radius 2 is 1.92 bits per heavy atom. The van der Waals surface area contributed by atoms with Gasteiger partial charge in [0.15, 0.2) is 0 Å². The van der Waals surface area contributed by atoms with Crippen LogP contribution in [0.25, 0.3) is 0 Å². The molecule has 6 heteroatoms. The molecule has 2 saturated heterocycles. The van der Waals surface area contributed by atoms with Crippen LogP contribution in [0.2, 0.25) is 0 Å². The maximum atomic E-state index is 13.1. The van der Waals surface area contributed by atoms with Gasteiger partial charge in [-0.2, -0.15) is 0 Å². The number of rotatable bonds is 4. The van der Waals surface area contributed by atoms with E-state index in [9.17, 15) is 4.79 Å². The number of hydrogen-bond donors (Lipinski definition) is 1. The van der Waals surface area contributed by atoms with Crippen molar-refractivity contribution in [2.75, 3.05) is 53.0 Å². The molecule has 142 valence electrons. The number of carbonyl (C=O) groups is 1. The lowest BCUT2D eigenvalue weighted by atomic mass is 9.97. The van der Waals surface area contributed by atoms with Gasteiger partial charge in [0.05, 0.1) is 19.8 Å². The SMILES string of the molecule is CNCc1ccc(C(=O)N2CCC(N3CCOCC3)CC2)c2c1OCC2. The number of piperidine rings is 1. The average molecular weight is 359 g/mol. The Labute approximate surface area is 155 Å². The number of amides is 1. The highest BCUT2D eigenvalue weighted by Gasteiger charge is 2.30. The smallest absolute Gasteiger partial charge is 0.254 e. The largest absolute Gasteiger partial charge is 0.493 e. The van der Waals surface area contributed by atoms with E-state index < -0.39 is 0 Å².